The summed E-state index contributed by atoms with van der Waals surface area (Å²) in [6.07, 6.45) is 1.42. The first-order chi connectivity index (χ1) is 13.3. The molecule has 0 saturated heterocycles. The molecule has 4 rings (SSSR count). The molecule has 0 unspecified atom stereocenters. The van der Waals surface area contributed by atoms with Crippen molar-refractivity contribution < 1.29 is 13.3 Å². The highest BCUT2D eigenvalue weighted by atomic mass is 32.2. The number of rotatable bonds is 3. The average Bonchev–Trinajstić information content (AvgIpc) is 2.67. The van der Waals surface area contributed by atoms with Crippen molar-refractivity contribution in [1.82, 2.24) is 15.0 Å². The zero-order valence-electron chi connectivity index (χ0n) is 13.9. The van der Waals surface area contributed by atoms with Crippen LogP contribution < -0.4 is 11.1 Å². The van der Waals surface area contributed by atoms with Crippen molar-refractivity contribution in [3.05, 3.63) is 79.5 Å². The molecule has 0 bridgehead atoms. The second kappa shape index (κ2) is 6.09. The van der Waals surface area contributed by atoms with Crippen molar-refractivity contribution in [2.75, 3.05) is 0 Å². The first-order valence-corrected chi connectivity index (χ1v) is 9.31. The summed E-state index contributed by atoms with van der Waals surface area (Å²) in [5, 5.41) is 12.1. The van der Waals surface area contributed by atoms with Gasteiger partial charge in [-0.2, -0.15) is 0 Å². The number of nitrogens with one attached hydrogen (secondary N) is 2. The van der Waals surface area contributed by atoms with Gasteiger partial charge in [0.15, 0.2) is 4.90 Å². The highest BCUT2D eigenvalue weighted by molar-refractivity contribution is 7.91. The summed E-state index contributed by atoms with van der Waals surface area (Å²) in [5.74, 6) is 0. The molecule has 0 aliphatic rings. The van der Waals surface area contributed by atoms with Crippen molar-refractivity contribution in [2.24, 2.45) is 0 Å². The predicted molar refractivity (Wildman–Crippen MR) is 99.0 cm³/mol. The van der Waals surface area contributed by atoms with E-state index in [1.54, 1.807) is 18.2 Å². The molecule has 0 fully saturated rings. The molecule has 0 aliphatic carbocycles. The van der Waals surface area contributed by atoms with Gasteiger partial charge in [-0.1, -0.05) is 18.2 Å². The van der Waals surface area contributed by atoms with Crippen LogP contribution in [0.15, 0.2) is 68.0 Å². The minimum Gasteiger partial charge on any atom is -0.316 e. The minimum absolute atomic E-state index is 0.0537. The summed E-state index contributed by atoms with van der Waals surface area (Å²) in [6, 6.07) is 9.63. The van der Waals surface area contributed by atoms with E-state index in [-0.39, 0.29) is 21.4 Å². The van der Waals surface area contributed by atoms with E-state index in [4.69, 9.17) is 0 Å². The van der Waals surface area contributed by atoms with Gasteiger partial charge in [0.25, 0.3) is 5.69 Å². The van der Waals surface area contributed by atoms with Crippen molar-refractivity contribution >= 4 is 37.5 Å². The Morgan fingerprint density at radius 3 is 2.25 bits per heavy atom. The number of nitro benzene ring substituents is 1. The summed E-state index contributed by atoms with van der Waals surface area (Å²) < 4.78 is 26.5. The molecule has 0 radical (unpaired) electrons. The fourth-order valence-corrected chi connectivity index (χ4v) is 4.50. The largest absolute Gasteiger partial charge is 0.316 e. The van der Waals surface area contributed by atoms with Crippen molar-refractivity contribution in [1.29, 1.82) is 0 Å². The molecule has 4 aromatic rings. The Kier molecular flexibility index (Phi) is 3.82. The molecule has 28 heavy (non-hydrogen) atoms. The summed E-state index contributed by atoms with van der Waals surface area (Å²) in [4.78, 5) is 41.4. The molecular weight excluding hydrogens is 388 g/mol. The number of sulfone groups is 1. The quantitative estimate of drug-likeness (QED) is 0.301. The van der Waals surface area contributed by atoms with Gasteiger partial charge in [0, 0.05) is 17.6 Å². The molecular formula is C17H10N4O6S. The normalized spacial score (nSPS) is 11.7. The van der Waals surface area contributed by atoms with Crippen LogP contribution in [0.5, 0.6) is 0 Å². The molecule has 0 spiro atoms. The van der Waals surface area contributed by atoms with Gasteiger partial charge in [0.2, 0.25) is 9.84 Å². The second-order valence-electron chi connectivity index (χ2n) is 5.87. The highest BCUT2D eigenvalue weighted by Crippen LogP contribution is 2.34. The van der Waals surface area contributed by atoms with Crippen LogP contribution in [0.25, 0.3) is 21.9 Å². The van der Waals surface area contributed by atoms with Crippen LogP contribution in [0, 0.1) is 10.1 Å². The van der Waals surface area contributed by atoms with E-state index in [0.29, 0.717) is 5.39 Å². The third-order valence-corrected chi connectivity index (χ3v) is 5.99. The predicted octanol–water partition coefficient (Wildman–Crippen LogP) is 1.51. The van der Waals surface area contributed by atoms with Crippen LogP contribution in [-0.2, 0) is 9.84 Å². The van der Waals surface area contributed by atoms with E-state index >= 15 is 0 Å². The summed E-state index contributed by atoms with van der Waals surface area (Å²) in [5.41, 5.74) is -2.70. The molecule has 140 valence electrons. The number of benzene rings is 2. The van der Waals surface area contributed by atoms with Gasteiger partial charge in [0.05, 0.1) is 26.4 Å². The maximum atomic E-state index is 13.3. The molecule has 2 heterocycles. The number of nitro groups is 1. The van der Waals surface area contributed by atoms with Gasteiger partial charge in [0.1, 0.15) is 0 Å². The van der Waals surface area contributed by atoms with Crippen LogP contribution >= 0.6 is 0 Å². The Bertz CT molecular complexity index is 1500. The number of fused-ring (bicyclic) bond motifs is 2. The van der Waals surface area contributed by atoms with Crippen LogP contribution in [0.3, 0.4) is 0 Å². The van der Waals surface area contributed by atoms with E-state index in [0.717, 1.165) is 12.1 Å². The molecule has 2 aromatic heterocycles. The van der Waals surface area contributed by atoms with Gasteiger partial charge >= 0.3 is 11.1 Å². The van der Waals surface area contributed by atoms with E-state index in [2.05, 4.69) is 15.0 Å². The molecule has 2 N–H and O–H groups in total. The average molecular weight is 398 g/mol. The lowest BCUT2D eigenvalue weighted by Crippen LogP contribution is -2.29. The van der Waals surface area contributed by atoms with Gasteiger partial charge < -0.3 is 9.97 Å². The van der Waals surface area contributed by atoms with Gasteiger partial charge in [-0.05, 0) is 18.2 Å². The third-order valence-electron chi connectivity index (χ3n) is 4.17. The number of hydrogen-bond acceptors (Lipinski definition) is 7. The number of hydrogen-bond donors (Lipinski definition) is 2. The van der Waals surface area contributed by atoms with E-state index < -0.39 is 36.5 Å². The number of pyridine rings is 1. The number of H-pyrrole nitrogens is 2. The summed E-state index contributed by atoms with van der Waals surface area (Å²) in [6.45, 7) is 0. The van der Waals surface area contributed by atoms with Gasteiger partial charge in [-0.15, -0.1) is 0 Å². The SMILES string of the molecule is O=c1[nH]c2cc([N+](=O)[O-])c(S(=O)(=O)c3cccc4cccnc34)cc2[nH]c1=O. The Morgan fingerprint density at radius 2 is 1.57 bits per heavy atom. The third kappa shape index (κ3) is 2.65. The first-order valence-electron chi connectivity index (χ1n) is 7.82. The maximum Gasteiger partial charge on any atom is 0.314 e. The molecule has 0 aliphatic heterocycles. The van der Waals surface area contributed by atoms with Crippen LogP contribution in [0.1, 0.15) is 0 Å². The Morgan fingerprint density at radius 1 is 0.929 bits per heavy atom. The Balaban J connectivity index is 2.10. The number of aromatic amines is 2. The summed E-state index contributed by atoms with van der Waals surface area (Å²) >= 11 is 0. The topological polar surface area (TPSA) is 156 Å². The van der Waals surface area contributed by atoms with E-state index in [1.807, 2.05) is 0 Å². The lowest BCUT2D eigenvalue weighted by atomic mass is 10.2. The Labute approximate surface area is 155 Å². The molecule has 11 heteroatoms. The van der Waals surface area contributed by atoms with E-state index in [9.17, 15) is 28.1 Å². The zero-order chi connectivity index (χ0) is 20.1. The molecule has 0 saturated carbocycles. The summed E-state index contributed by atoms with van der Waals surface area (Å²) in [7, 11) is -4.37. The smallest absolute Gasteiger partial charge is 0.314 e. The van der Waals surface area contributed by atoms with E-state index in [1.165, 1.54) is 18.3 Å². The fourth-order valence-electron chi connectivity index (χ4n) is 2.90. The second-order valence-corrected chi connectivity index (χ2v) is 7.75. The number of nitrogens with zero attached hydrogens (tertiary/aromatic N) is 2. The monoisotopic (exact) mass is 398 g/mol. The zero-order valence-corrected chi connectivity index (χ0v) is 14.7. The number of para-hydroxylation sites is 1. The lowest BCUT2D eigenvalue weighted by molar-refractivity contribution is -0.387. The standard InChI is InChI=1S/C17H10N4O6S/c22-16-17(23)20-11-8-14(12(21(24)25)7-10(11)19-16)28(26,27)13-5-1-3-9-4-2-6-18-15(9)13/h1-8H,(H,19,22)(H,20,23). The fraction of sp³-hybridized carbons (Fsp3) is 0. The first kappa shape index (κ1) is 17.5. The van der Waals surface area contributed by atoms with Crippen LogP contribution in [0.2, 0.25) is 0 Å². The number of aromatic nitrogens is 3. The molecule has 0 atom stereocenters. The van der Waals surface area contributed by atoms with Crippen molar-refractivity contribution in [2.45, 2.75) is 9.79 Å². The lowest BCUT2D eigenvalue weighted by Gasteiger charge is -2.09. The Hall–Kier alpha value is -3.86. The van der Waals surface area contributed by atoms with Crippen LogP contribution in [0.4, 0.5) is 5.69 Å². The highest BCUT2D eigenvalue weighted by Gasteiger charge is 2.30. The minimum atomic E-state index is -4.37. The van der Waals surface area contributed by atoms with Gasteiger partial charge in [-0.25, -0.2) is 8.42 Å². The van der Waals surface area contributed by atoms with Crippen molar-refractivity contribution in [3.8, 4) is 0 Å². The molecule has 0 amide bonds. The molecule has 2 aromatic carbocycles. The molecule has 10 nitrogen and oxygen atoms in total. The van der Waals surface area contributed by atoms with Gasteiger partial charge in [-0.3, -0.25) is 24.7 Å². The van der Waals surface area contributed by atoms with Crippen molar-refractivity contribution in [3.63, 3.8) is 0 Å². The maximum absolute atomic E-state index is 13.3. The van der Waals surface area contributed by atoms with Crippen LogP contribution in [-0.4, -0.2) is 28.3 Å².